The number of nitrogens with one attached hydrogen (secondary N) is 2. The van der Waals surface area contributed by atoms with Gasteiger partial charge in [0, 0.05) is 30.8 Å². The largest absolute Gasteiger partial charge is 0.511 e. The number of hydrogen-bond acceptors (Lipinski definition) is 4. The van der Waals surface area contributed by atoms with Gasteiger partial charge in [0.1, 0.15) is 5.75 Å². The Balaban J connectivity index is 1.88. The fraction of sp³-hybridized carbons (Fsp3) is 0.440. The lowest BCUT2D eigenvalue weighted by molar-refractivity contribution is -0.135. The molecule has 1 aliphatic rings. The number of hydrogen-bond donors (Lipinski definition) is 3. The highest BCUT2D eigenvalue weighted by atomic mass is 19.4. The molecule has 1 fully saturated rings. The van der Waals surface area contributed by atoms with Crippen molar-refractivity contribution in [3.8, 4) is 5.75 Å². The number of ether oxygens (including phenoxy) is 1. The highest BCUT2D eigenvalue weighted by Gasteiger charge is 2.29. The molecule has 3 N–H and O–H groups in total. The number of amides is 2. The Labute approximate surface area is 202 Å². The number of carbonyl (C=O) groups is 2. The van der Waals surface area contributed by atoms with E-state index in [1.54, 1.807) is 18.2 Å². The molecular formula is C25H30F3N3O4. The van der Waals surface area contributed by atoms with E-state index in [-0.39, 0.29) is 30.4 Å². The molecule has 0 atom stereocenters. The van der Waals surface area contributed by atoms with Crippen LogP contribution in [0.3, 0.4) is 0 Å². The van der Waals surface area contributed by atoms with E-state index in [1.165, 1.54) is 12.1 Å². The molecule has 0 aromatic heterocycles. The zero-order valence-electron chi connectivity index (χ0n) is 19.5. The van der Waals surface area contributed by atoms with Crippen LogP contribution in [0.1, 0.15) is 50.5 Å². The van der Waals surface area contributed by atoms with Gasteiger partial charge in [-0.2, -0.15) is 13.2 Å². The van der Waals surface area contributed by atoms with Crippen LogP contribution in [-0.4, -0.2) is 36.1 Å². The summed E-state index contributed by atoms with van der Waals surface area (Å²) in [6.45, 7) is 2.07. The van der Waals surface area contributed by atoms with Crippen LogP contribution in [0.25, 0.3) is 0 Å². The first-order chi connectivity index (χ1) is 16.6. The van der Waals surface area contributed by atoms with E-state index in [2.05, 4.69) is 10.6 Å². The van der Waals surface area contributed by atoms with E-state index in [9.17, 15) is 22.8 Å². The Morgan fingerprint density at radius 1 is 1.06 bits per heavy atom. The number of benzene rings is 2. The van der Waals surface area contributed by atoms with Crippen molar-refractivity contribution in [1.29, 1.82) is 0 Å². The van der Waals surface area contributed by atoms with Crippen molar-refractivity contribution < 1.29 is 32.6 Å². The molecule has 2 aromatic carbocycles. The first kappa shape index (κ1) is 26.2. The normalized spacial score (nSPS) is 14.3. The van der Waals surface area contributed by atoms with Gasteiger partial charge in [0.05, 0.1) is 11.4 Å². The number of rotatable bonds is 8. The molecule has 0 saturated heterocycles. The Hall–Kier alpha value is -3.43. The Morgan fingerprint density at radius 2 is 1.74 bits per heavy atom. The summed E-state index contributed by atoms with van der Waals surface area (Å²) >= 11 is 0. The topological polar surface area (TPSA) is 90.9 Å². The standard InChI is InChI=1S/C25H30F3N3O4/c1-17-8-10-18(11-9-17)29-23(32)30-21-16-20(35-24(33)34)12-13-22(21)31(15-5-14-25(26,27)28)19-6-3-2-4-7-19/h8-13,16,19H,2-7,14-15H2,1H3,(H,33,34)(H2,29,30,32). The lowest BCUT2D eigenvalue weighted by atomic mass is 9.93. The maximum atomic E-state index is 12.9. The minimum Gasteiger partial charge on any atom is -0.449 e. The number of carboxylic acid groups (broad SMARTS) is 1. The molecule has 0 radical (unpaired) electrons. The number of aryl methyl sites for hydroxylation is 1. The molecule has 35 heavy (non-hydrogen) atoms. The van der Waals surface area contributed by atoms with Crippen LogP contribution in [-0.2, 0) is 0 Å². The van der Waals surface area contributed by atoms with Crippen LogP contribution >= 0.6 is 0 Å². The summed E-state index contributed by atoms with van der Waals surface area (Å²) < 4.78 is 43.3. The Bertz CT molecular complexity index is 1010. The highest BCUT2D eigenvalue weighted by Crippen LogP contribution is 2.36. The molecule has 2 amide bonds. The minimum absolute atomic E-state index is 0.00854. The van der Waals surface area contributed by atoms with E-state index >= 15 is 0 Å². The van der Waals surface area contributed by atoms with E-state index < -0.39 is 24.8 Å². The molecule has 1 aliphatic carbocycles. The summed E-state index contributed by atoms with van der Waals surface area (Å²) in [7, 11) is 0. The summed E-state index contributed by atoms with van der Waals surface area (Å²) in [4.78, 5) is 25.7. The summed E-state index contributed by atoms with van der Waals surface area (Å²) in [5.74, 6) is -0.00854. The van der Waals surface area contributed by atoms with Crippen LogP contribution < -0.4 is 20.3 Å². The molecular weight excluding hydrogens is 463 g/mol. The predicted molar refractivity (Wildman–Crippen MR) is 128 cm³/mol. The monoisotopic (exact) mass is 493 g/mol. The van der Waals surface area contributed by atoms with Crippen LogP contribution in [0.5, 0.6) is 5.75 Å². The summed E-state index contributed by atoms with van der Waals surface area (Å²) in [6.07, 6.45) is -2.11. The molecule has 10 heteroatoms. The summed E-state index contributed by atoms with van der Waals surface area (Å²) in [5, 5.41) is 14.4. The van der Waals surface area contributed by atoms with Crippen molar-refractivity contribution in [3.05, 3.63) is 48.0 Å². The van der Waals surface area contributed by atoms with E-state index in [0.717, 1.165) is 37.7 Å². The fourth-order valence-electron chi connectivity index (χ4n) is 4.29. The van der Waals surface area contributed by atoms with Gasteiger partial charge in [-0.3, -0.25) is 0 Å². The van der Waals surface area contributed by atoms with Gasteiger partial charge in [0.15, 0.2) is 0 Å². The average molecular weight is 494 g/mol. The van der Waals surface area contributed by atoms with Crippen LogP contribution in [0.4, 0.5) is 39.8 Å². The molecule has 0 bridgehead atoms. The van der Waals surface area contributed by atoms with Crippen LogP contribution in [0.15, 0.2) is 42.5 Å². The smallest absolute Gasteiger partial charge is 0.449 e. The van der Waals surface area contributed by atoms with Crippen molar-refractivity contribution in [3.63, 3.8) is 0 Å². The SMILES string of the molecule is Cc1ccc(NC(=O)Nc2cc(OC(=O)O)ccc2N(CCCC(F)(F)F)C2CCCCC2)cc1. The van der Waals surface area contributed by atoms with Gasteiger partial charge in [-0.1, -0.05) is 37.0 Å². The third-order valence-electron chi connectivity index (χ3n) is 5.91. The maximum absolute atomic E-state index is 12.9. The van der Waals surface area contributed by atoms with Crippen molar-refractivity contribution in [2.45, 2.75) is 64.1 Å². The van der Waals surface area contributed by atoms with Crippen molar-refractivity contribution in [2.24, 2.45) is 0 Å². The van der Waals surface area contributed by atoms with Gasteiger partial charge in [-0.25, -0.2) is 9.59 Å². The van der Waals surface area contributed by atoms with Gasteiger partial charge in [0.2, 0.25) is 0 Å². The van der Waals surface area contributed by atoms with Gasteiger partial charge in [-0.05, 0) is 50.5 Å². The minimum atomic E-state index is -4.26. The van der Waals surface area contributed by atoms with Crippen molar-refractivity contribution in [2.75, 3.05) is 22.1 Å². The third-order valence-corrected chi connectivity index (χ3v) is 5.91. The molecule has 1 saturated carbocycles. The van der Waals surface area contributed by atoms with Gasteiger partial charge >= 0.3 is 18.4 Å². The maximum Gasteiger partial charge on any atom is 0.511 e. The Kier molecular flexibility index (Phi) is 8.84. The van der Waals surface area contributed by atoms with E-state index in [0.29, 0.717) is 11.4 Å². The molecule has 2 aromatic rings. The third kappa shape index (κ3) is 8.38. The van der Waals surface area contributed by atoms with Crippen molar-refractivity contribution in [1.82, 2.24) is 0 Å². The number of halogens is 3. The van der Waals surface area contributed by atoms with Gasteiger partial charge in [0.25, 0.3) is 0 Å². The van der Waals surface area contributed by atoms with Crippen LogP contribution in [0, 0.1) is 6.92 Å². The zero-order chi connectivity index (χ0) is 25.4. The van der Waals surface area contributed by atoms with E-state index in [4.69, 9.17) is 9.84 Å². The predicted octanol–water partition coefficient (Wildman–Crippen LogP) is 7.18. The first-order valence-corrected chi connectivity index (χ1v) is 11.6. The molecule has 7 nitrogen and oxygen atoms in total. The average Bonchev–Trinajstić information content (AvgIpc) is 2.78. The summed E-state index contributed by atoms with van der Waals surface area (Å²) in [6, 6.07) is 11.0. The second-order valence-corrected chi connectivity index (χ2v) is 8.70. The van der Waals surface area contributed by atoms with Gasteiger partial charge < -0.3 is 25.4 Å². The second-order valence-electron chi connectivity index (χ2n) is 8.70. The number of alkyl halides is 3. The molecule has 0 unspecified atom stereocenters. The van der Waals surface area contributed by atoms with Crippen molar-refractivity contribution >= 4 is 29.2 Å². The number of anilines is 3. The number of carbonyl (C=O) groups excluding carboxylic acids is 1. The summed E-state index contributed by atoms with van der Waals surface area (Å²) in [5.41, 5.74) is 2.36. The van der Waals surface area contributed by atoms with E-state index in [1.807, 2.05) is 24.0 Å². The zero-order valence-corrected chi connectivity index (χ0v) is 19.5. The van der Waals surface area contributed by atoms with Gasteiger partial charge in [-0.15, -0.1) is 0 Å². The lowest BCUT2D eigenvalue weighted by Crippen LogP contribution is -2.38. The first-order valence-electron chi connectivity index (χ1n) is 11.6. The molecule has 190 valence electrons. The number of urea groups is 1. The molecule has 0 heterocycles. The second kappa shape index (κ2) is 11.8. The van der Waals surface area contributed by atoms with Crippen LogP contribution in [0.2, 0.25) is 0 Å². The quantitative estimate of drug-likeness (QED) is 0.268. The highest BCUT2D eigenvalue weighted by molar-refractivity contribution is 6.02. The Morgan fingerprint density at radius 3 is 2.37 bits per heavy atom. The molecule has 0 spiro atoms. The molecule has 0 aliphatic heterocycles. The number of nitrogens with zero attached hydrogens (tertiary/aromatic N) is 1. The fourth-order valence-corrected chi connectivity index (χ4v) is 4.29. The molecule has 3 rings (SSSR count). The lowest BCUT2D eigenvalue weighted by Gasteiger charge is -2.37.